The number of carboxylic acid groups (broad SMARTS) is 1. The molecule has 0 aliphatic carbocycles. The molecule has 0 fully saturated rings. The van der Waals surface area contributed by atoms with Crippen molar-refractivity contribution in [3.63, 3.8) is 0 Å². The summed E-state index contributed by atoms with van der Waals surface area (Å²) in [4.78, 5) is 25.2. The Kier molecular flexibility index (Phi) is 11.1. The molecule has 6 nitrogen and oxygen atoms in total. The largest absolute Gasteiger partial charge is 0.481 e. The van der Waals surface area contributed by atoms with E-state index in [2.05, 4.69) is 22.5 Å². The Morgan fingerprint density at radius 2 is 1.62 bits per heavy atom. The first-order chi connectivity index (χ1) is 15.3. The highest BCUT2D eigenvalue weighted by atomic mass is 35.5. The van der Waals surface area contributed by atoms with Crippen LogP contribution in [0.5, 0.6) is 0 Å². The summed E-state index contributed by atoms with van der Waals surface area (Å²) in [6.45, 7) is 4.24. The Labute approximate surface area is 203 Å². The van der Waals surface area contributed by atoms with Crippen molar-refractivity contribution in [1.82, 2.24) is 15.5 Å². The summed E-state index contributed by atoms with van der Waals surface area (Å²) in [5.74, 6) is -0.803. The van der Waals surface area contributed by atoms with E-state index in [1.807, 2.05) is 24.3 Å². The molecule has 3 N–H and O–H groups in total. The van der Waals surface area contributed by atoms with Gasteiger partial charge in [-0.25, -0.2) is 4.79 Å². The Bertz CT molecular complexity index is 894. The molecule has 0 bridgehead atoms. The van der Waals surface area contributed by atoms with Crippen molar-refractivity contribution in [3.05, 3.63) is 68.7 Å². The highest BCUT2D eigenvalue weighted by molar-refractivity contribution is 6.35. The van der Waals surface area contributed by atoms with Gasteiger partial charge in [-0.2, -0.15) is 0 Å². The van der Waals surface area contributed by atoms with Crippen LogP contribution in [0.25, 0.3) is 0 Å². The third-order valence-electron chi connectivity index (χ3n) is 5.10. The maximum atomic E-state index is 12.1. The molecule has 0 aliphatic heterocycles. The Balaban J connectivity index is 1.80. The summed E-state index contributed by atoms with van der Waals surface area (Å²) >= 11 is 18.0. The van der Waals surface area contributed by atoms with E-state index in [0.717, 1.165) is 17.5 Å². The van der Waals surface area contributed by atoms with Crippen molar-refractivity contribution in [3.8, 4) is 0 Å². The fourth-order valence-corrected chi connectivity index (χ4v) is 3.87. The van der Waals surface area contributed by atoms with Gasteiger partial charge in [-0.15, -0.1) is 0 Å². The fraction of sp³-hybridized carbons (Fsp3) is 0.391. The fourth-order valence-electron chi connectivity index (χ4n) is 3.27. The molecule has 174 valence electrons. The van der Waals surface area contributed by atoms with Gasteiger partial charge in [-0.1, -0.05) is 53.0 Å². The zero-order valence-electron chi connectivity index (χ0n) is 17.9. The average Bonchev–Trinajstić information content (AvgIpc) is 2.74. The minimum absolute atomic E-state index is 0.0990. The van der Waals surface area contributed by atoms with Crippen LogP contribution in [0.3, 0.4) is 0 Å². The van der Waals surface area contributed by atoms with Gasteiger partial charge in [0.1, 0.15) is 0 Å². The third-order valence-corrected chi connectivity index (χ3v) is 5.94. The van der Waals surface area contributed by atoms with Crippen LogP contribution in [0.2, 0.25) is 15.1 Å². The Hall–Kier alpha value is -1.99. The predicted molar refractivity (Wildman–Crippen MR) is 130 cm³/mol. The van der Waals surface area contributed by atoms with Gasteiger partial charge in [0.25, 0.3) is 0 Å². The van der Waals surface area contributed by atoms with Gasteiger partial charge >= 0.3 is 12.0 Å². The number of rotatable bonds is 12. The molecule has 2 aromatic rings. The quantitative estimate of drug-likeness (QED) is 0.323. The molecule has 0 spiro atoms. The lowest BCUT2D eigenvalue weighted by Gasteiger charge is -2.29. The number of hydrogen-bond acceptors (Lipinski definition) is 3. The zero-order valence-corrected chi connectivity index (χ0v) is 20.2. The molecule has 0 unspecified atom stereocenters. The Morgan fingerprint density at radius 1 is 0.969 bits per heavy atom. The molecule has 0 heterocycles. The summed E-state index contributed by atoms with van der Waals surface area (Å²) in [7, 11) is 0. The van der Waals surface area contributed by atoms with Crippen molar-refractivity contribution in [2.75, 3.05) is 19.6 Å². The number of nitrogens with one attached hydrogen (secondary N) is 2. The maximum absolute atomic E-state index is 12.1. The van der Waals surface area contributed by atoms with Gasteiger partial charge in [0.15, 0.2) is 0 Å². The van der Waals surface area contributed by atoms with Crippen LogP contribution in [0, 0.1) is 0 Å². The monoisotopic (exact) mass is 499 g/mol. The van der Waals surface area contributed by atoms with Crippen LogP contribution in [0.15, 0.2) is 42.5 Å². The van der Waals surface area contributed by atoms with Crippen molar-refractivity contribution in [1.29, 1.82) is 0 Å². The SMILES string of the molecule is C[C@@H](c1ccc(Cl)cc1)N(CCCNC(=O)NCc1ccc(Cl)cc1Cl)CCCC(=O)O. The molecular formula is C23H28Cl3N3O3. The molecular weight excluding hydrogens is 473 g/mol. The van der Waals surface area contributed by atoms with Crippen molar-refractivity contribution >= 4 is 46.8 Å². The van der Waals surface area contributed by atoms with Crippen LogP contribution in [-0.2, 0) is 11.3 Å². The van der Waals surface area contributed by atoms with Crippen LogP contribution in [0.4, 0.5) is 4.79 Å². The second-order valence-electron chi connectivity index (χ2n) is 7.46. The van der Waals surface area contributed by atoms with Gasteiger partial charge < -0.3 is 15.7 Å². The minimum Gasteiger partial charge on any atom is -0.481 e. The minimum atomic E-state index is -0.803. The first kappa shape index (κ1) is 26.3. The lowest BCUT2D eigenvalue weighted by molar-refractivity contribution is -0.137. The number of benzene rings is 2. The number of aliphatic carboxylic acids is 1. The second-order valence-corrected chi connectivity index (χ2v) is 8.74. The van der Waals surface area contributed by atoms with Crippen LogP contribution in [-0.4, -0.2) is 41.6 Å². The zero-order chi connectivity index (χ0) is 23.5. The van der Waals surface area contributed by atoms with E-state index in [-0.39, 0.29) is 18.5 Å². The molecule has 9 heteroatoms. The third kappa shape index (κ3) is 9.25. The highest BCUT2D eigenvalue weighted by Crippen LogP contribution is 2.23. The van der Waals surface area contributed by atoms with Gasteiger partial charge in [0, 0.05) is 47.2 Å². The number of carbonyl (C=O) groups excluding carboxylic acids is 1. The van der Waals surface area contributed by atoms with Gasteiger partial charge in [-0.05, 0) is 61.7 Å². The number of nitrogens with zero attached hydrogens (tertiary/aromatic N) is 1. The summed E-state index contributed by atoms with van der Waals surface area (Å²) < 4.78 is 0. The first-order valence-corrected chi connectivity index (χ1v) is 11.6. The summed E-state index contributed by atoms with van der Waals surface area (Å²) in [6.07, 6.45) is 1.40. The smallest absolute Gasteiger partial charge is 0.315 e. The number of halogens is 3. The van der Waals surface area contributed by atoms with Gasteiger partial charge in [0.05, 0.1) is 0 Å². The molecule has 0 radical (unpaired) electrons. The van der Waals surface area contributed by atoms with E-state index in [1.54, 1.807) is 18.2 Å². The van der Waals surface area contributed by atoms with Crippen LogP contribution >= 0.6 is 34.8 Å². The maximum Gasteiger partial charge on any atom is 0.315 e. The number of hydrogen-bond donors (Lipinski definition) is 3. The molecule has 1 atom stereocenters. The molecule has 2 rings (SSSR count). The average molecular weight is 501 g/mol. The van der Waals surface area contributed by atoms with E-state index in [9.17, 15) is 9.59 Å². The van der Waals surface area contributed by atoms with E-state index in [4.69, 9.17) is 39.9 Å². The standard InChI is InChI=1S/C23H28Cl3N3O3/c1-16(17-5-8-19(24)9-6-17)29(12-2-4-22(30)31)13-3-11-27-23(32)28-15-18-7-10-20(25)14-21(18)26/h5-10,14,16H,2-4,11-13,15H2,1H3,(H,30,31)(H2,27,28,32)/t16-/m0/s1. The number of carboxylic acids is 1. The van der Waals surface area contributed by atoms with E-state index in [0.29, 0.717) is 47.7 Å². The summed E-state index contributed by atoms with van der Waals surface area (Å²) in [5, 5.41) is 16.3. The Morgan fingerprint density at radius 3 is 2.28 bits per heavy atom. The van der Waals surface area contributed by atoms with E-state index in [1.165, 1.54) is 0 Å². The van der Waals surface area contributed by atoms with Crippen molar-refractivity contribution < 1.29 is 14.7 Å². The molecule has 0 saturated carbocycles. The number of amides is 2. The number of urea groups is 1. The lowest BCUT2D eigenvalue weighted by Crippen LogP contribution is -2.37. The molecule has 32 heavy (non-hydrogen) atoms. The van der Waals surface area contributed by atoms with Crippen LogP contribution in [0.1, 0.15) is 43.4 Å². The van der Waals surface area contributed by atoms with Gasteiger partial charge in [0.2, 0.25) is 0 Å². The van der Waals surface area contributed by atoms with Crippen molar-refractivity contribution in [2.24, 2.45) is 0 Å². The number of carbonyl (C=O) groups is 2. The topological polar surface area (TPSA) is 81.7 Å². The van der Waals surface area contributed by atoms with Crippen molar-refractivity contribution in [2.45, 2.75) is 38.8 Å². The first-order valence-electron chi connectivity index (χ1n) is 10.4. The highest BCUT2D eigenvalue weighted by Gasteiger charge is 2.16. The summed E-state index contributed by atoms with van der Waals surface area (Å²) in [6, 6.07) is 12.6. The second kappa shape index (κ2) is 13.5. The summed E-state index contributed by atoms with van der Waals surface area (Å²) in [5.41, 5.74) is 1.89. The predicted octanol–water partition coefficient (Wildman–Crippen LogP) is 5.76. The molecule has 0 aromatic heterocycles. The van der Waals surface area contributed by atoms with Crippen LogP contribution < -0.4 is 10.6 Å². The molecule has 0 aliphatic rings. The lowest BCUT2D eigenvalue weighted by atomic mass is 10.1. The molecule has 0 saturated heterocycles. The van der Waals surface area contributed by atoms with Gasteiger partial charge in [-0.3, -0.25) is 9.69 Å². The normalized spacial score (nSPS) is 11.9. The molecule has 2 aromatic carbocycles. The molecule has 2 amide bonds. The van der Waals surface area contributed by atoms with E-state index < -0.39 is 5.97 Å². The van der Waals surface area contributed by atoms with E-state index >= 15 is 0 Å².